The number of hydrogen-bond acceptors (Lipinski definition) is 2. The van der Waals surface area contributed by atoms with Crippen LogP contribution in [0.15, 0.2) is 24.3 Å². The molecule has 0 saturated carbocycles. The van der Waals surface area contributed by atoms with Gasteiger partial charge in [-0.25, -0.2) is 0 Å². The summed E-state index contributed by atoms with van der Waals surface area (Å²) in [4.78, 5) is 20.5. The van der Waals surface area contributed by atoms with Gasteiger partial charge >= 0.3 is 0 Å². The predicted molar refractivity (Wildman–Crippen MR) is 51.9 cm³/mol. The van der Waals surface area contributed by atoms with Gasteiger partial charge in [0.05, 0.1) is 5.02 Å². The zero-order valence-electron chi connectivity index (χ0n) is 6.74. The van der Waals surface area contributed by atoms with Gasteiger partial charge in [-0.15, -0.1) is 0 Å². The van der Waals surface area contributed by atoms with Gasteiger partial charge in [0, 0.05) is 5.56 Å². The highest BCUT2D eigenvalue weighted by atomic mass is 35.5. The van der Waals surface area contributed by atoms with Crippen molar-refractivity contribution in [1.29, 1.82) is 0 Å². The van der Waals surface area contributed by atoms with Crippen molar-refractivity contribution in [3.63, 3.8) is 0 Å². The van der Waals surface area contributed by atoms with Crippen molar-refractivity contribution in [3.8, 4) is 0 Å². The minimum Gasteiger partial charge on any atom is -0.299 e. The van der Waals surface area contributed by atoms with E-state index in [1.807, 2.05) is 0 Å². The van der Waals surface area contributed by atoms with Gasteiger partial charge in [0.25, 0.3) is 0 Å². The van der Waals surface area contributed by atoms with E-state index in [1.165, 1.54) is 6.08 Å². The molecule has 0 saturated heterocycles. The quantitative estimate of drug-likeness (QED) is 0.547. The molecular weight excluding hydrogens is 188 g/mol. The van der Waals surface area contributed by atoms with Gasteiger partial charge in [0.2, 0.25) is 0 Å². The first-order valence-corrected chi connectivity index (χ1v) is 4.02. The number of hydrogen-bond donors (Lipinski definition) is 0. The van der Waals surface area contributed by atoms with Crippen LogP contribution in [0, 0.1) is 0 Å². The third-order valence-corrected chi connectivity index (χ3v) is 1.86. The molecular formula is C10H7ClO2. The maximum atomic E-state index is 10.5. The Morgan fingerprint density at radius 2 is 2.00 bits per heavy atom. The number of allylic oxidation sites excluding steroid dienone is 1. The maximum absolute atomic E-state index is 10.5. The lowest BCUT2D eigenvalue weighted by molar-refractivity contribution is -0.104. The van der Waals surface area contributed by atoms with Crippen molar-refractivity contribution in [2.45, 2.75) is 0 Å². The van der Waals surface area contributed by atoms with Gasteiger partial charge in [0.15, 0.2) is 6.29 Å². The van der Waals surface area contributed by atoms with E-state index in [0.717, 1.165) is 5.56 Å². The molecule has 0 spiro atoms. The highest BCUT2D eigenvalue weighted by Gasteiger charge is 1.97. The van der Waals surface area contributed by atoms with Gasteiger partial charge in [-0.1, -0.05) is 23.7 Å². The molecule has 0 aliphatic carbocycles. The van der Waals surface area contributed by atoms with Crippen molar-refractivity contribution in [1.82, 2.24) is 0 Å². The highest BCUT2D eigenvalue weighted by molar-refractivity contribution is 6.33. The molecule has 3 heteroatoms. The second-order valence-electron chi connectivity index (χ2n) is 2.39. The van der Waals surface area contributed by atoms with Crippen LogP contribution < -0.4 is 0 Å². The molecule has 2 nitrogen and oxygen atoms in total. The van der Waals surface area contributed by atoms with Crippen LogP contribution >= 0.6 is 11.6 Å². The van der Waals surface area contributed by atoms with E-state index in [2.05, 4.69) is 0 Å². The lowest BCUT2D eigenvalue weighted by atomic mass is 10.1. The van der Waals surface area contributed by atoms with Crippen LogP contribution in [0.1, 0.15) is 15.9 Å². The number of carbonyl (C=O) groups excluding carboxylic acids is 2. The van der Waals surface area contributed by atoms with Crippen molar-refractivity contribution in [3.05, 3.63) is 40.4 Å². The Bertz CT molecular complexity index is 356. The Labute approximate surface area is 80.8 Å². The van der Waals surface area contributed by atoms with Crippen LogP contribution in [0.2, 0.25) is 5.02 Å². The Morgan fingerprint density at radius 1 is 1.23 bits per heavy atom. The van der Waals surface area contributed by atoms with Crippen LogP contribution in [0.5, 0.6) is 0 Å². The van der Waals surface area contributed by atoms with Crippen LogP contribution in [-0.2, 0) is 4.79 Å². The SMILES string of the molecule is O=CC=Cc1ccc(Cl)c(C=O)c1. The minimum atomic E-state index is 0.415. The molecule has 0 N–H and O–H groups in total. The van der Waals surface area contributed by atoms with Crippen LogP contribution in [-0.4, -0.2) is 12.6 Å². The average Bonchev–Trinajstić information content (AvgIpc) is 2.16. The van der Waals surface area contributed by atoms with Gasteiger partial charge < -0.3 is 0 Å². The third kappa shape index (κ3) is 2.53. The Morgan fingerprint density at radius 3 is 2.62 bits per heavy atom. The number of benzene rings is 1. The number of carbonyl (C=O) groups is 2. The summed E-state index contributed by atoms with van der Waals surface area (Å²) in [7, 11) is 0. The molecule has 0 heterocycles. The summed E-state index contributed by atoms with van der Waals surface area (Å²) < 4.78 is 0. The molecule has 0 aliphatic heterocycles. The van der Waals surface area contributed by atoms with E-state index in [9.17, 15) is 9.59 Å². The summed E-state index contributed by atoms with van der Waals surface area (Å²) in [5.41, 5.74) is 1.20. The third-order valence-electron chi connectivity index (χ3n) is 1.51. The van der Waals surface area contributed by atoms with Crippen LogP contribution in [0.3, 0.4) is 0 Å². The normalized spacial score (nSPS) is 10.2. The molecule has 0 aromatic heterocycles. The summed E-state index contributed by atoms with van der Waals surface area (Å²) >= 11 is 5.71. The second kappa shape index (κ2) is 4.58. The molecule has 0 fully saturated rings. The van der Waals surface area contributed by atoms with Gasteiger partial charge in [0.1, 0.15) is 6.29 Å². The molecule has 0 unspecified atom stereocenters. The Hall–Kier alpha value is -1.41. The molecule has 13 heavy (non-hydrogen) atoms. The lowest BCUT2D eigenvalue weighted by Gasteiger charge is -1.96. The smallest absolute Gasteiger partial charge is 0.151 e. The fourth-order valence-corrected chi connectivity index (χ4v) is 1.07. The highest BCUT2D eigenvalue weighted by Crippen LogP contribution is 2.16. The van der Waals surface area contributed by atoms with E-state index >= 15 is 0 Å². The first-order valence-electron chi connectivity index (χ1n) is 3.64. The molecule has 0 bridgehead atoms. The zero-order valence-corrected chi connectivity index (χ0v) is 7.49. The van der Waals surface area contributed by atoms with Crippen molar-refractivity contribution < 1.29 is 9.59 Å². The van der Waals surface area contributed by atoms with E-state index in [-0.39, 0.29) is 0 Å². The molecule has 1 rings (SSSR count). The van der Waals surface area contributed by atoms with Crippen molar-refractivity contribution in [2.24, 2.45) is 0 Å². The average molecular weight is 195 g/mol. The summed E-state index contributed by atoms with van der Waals surface area (Å²) in [5, 5.41) is 0.415. The van der Waals surface area contributed by atoms with Crippen molar-refractivity contribution >= 4 is 30.2 Å². The largest absolute Gasteiger partial charge is 0.299 e. The lowest BCUT2D eigenvalue weighted by Crippen LogP contribution is -1.83. The molecule has 0 atom stereocenters. The fourth-order valence-electron chi connectivity index (χ4n) is 0.907. The van der Waals surface area contributed by atoms with Gasteiger partial charge in [-0.05, 0) is 23.8 Å². The molecule has 0 aliphatic rings. The zero-order chi connectivity index (χ0) is 9.68. The standard InChI is InChI=1S/C10H7ClO2/c11-10-4-3-8(2-1-5-12)6-9(10)7-13/h1-7H. The van der Waals surface area contributed by atoms with Gasteiger partial charge in [-0.2, -0.15) is 0 Å². The Balaban J connectivity index is 3.05. The van der Waals surface area contributed by atoms with Crippen molar-refractivity contribution in [2.75, 3.05) is 0 Å². The molecule has 1 aromatic rings. The molecule has 1 aromatic carbocycles. The number of aldehydes is 2. The van der Waals surface area contributed by atoms with E-state index < -0.39 is 0 Å². The van der Waals surface area contributed by atoms with Gasteiger partial charge in [-0.3, -0.25) is 9.59 Å². The molecule has 0 radical (unpaired) electrons. The first kappa shape index (κ1) is 9.68. The topological polar surface area (TPSA) is 34.1 Å². The van der Waals surface area contributed by atoms with E-state index in [0.29, 0.717) is 23.2 Å². The fraction of sp³-hybridized carbons (Fsp3) is 0. The number of rotatable bonds is 3. The predicted octanol–water partition coefficient (Wildman–Crippen LogP) is 2.36. The molecule has 0 amide bonds. The summed E-state index contributed by atoms with van der Waals surface area (Å²) in [6.07, 6.45) is 4.32. The molecule has 66 valence electrons. The van der Waals surface area contributed by atoms with Crippen LogP contribution in [0.25, 0.3) is 6.08 Å². The second-order valence-corrected chi connectivity index (χ2v) is 2.80. The van der Waals surface area contributed by atoms with E-state index in [1.54, 1.807) is 24.3 Å². The summed E-state index contributed by atoms with van der Waals surface area (Å²) in [6.45, 7) is 0. The minimum absolute atomic E-state index is 0.415. The maximum Gasteiger partial charge on any atom is 0.151 e. The van der Waals surface area contributed by atoms with Crippen LogP contribution in [0.4, 0.5) is 0 Å². The first-order chi connectivity index (χ1) is 6.27. The number of halogens is 1. The monoisotopic (exact) mass is 194 g/mol. The Kier molecular flexibility index (Phi) is 3.41. The summed E-state index contributed by atoms with van der Waals surface area (Å²) in [6, 6.07) is 4.97. The van der Waals surface area contributed by atoms with E-state index in [4.69, 9.17) is 11.6 Å². The summed E-state index contributed by atoms with van der Waals surface area (Å²) in [5.74, 6) is 0.